The van der Waals surface area contributed by atoms with Gasteiger partial charge in [0.1, 0.15) is 5.75 Å². The minimum Gasteiger partial charge on any atom is -0.496 e. The first kappa shape index (κ1) is 18.8. The molecule has 0 spiro atoms. The Morgan fingerprint density at radius 2 is 1.88 bits per heavy atom. The number of aryl methyl sites for hydroxylation is 1. The molecule has 0 heterocycles. The number of ether oxygens (including phenoxy) is 2. The minimum atomic E-state index is -3.78. The number of nitrogens with one attached hydrogen (secondary N) is 1. The van der Waals surface area contributed by atoms with Crippen molar-refractivity contribution in [2.75, 3.05) is 18.4 Å². The smallest absolute Gasteiger partial charge is 0.338 e. The fourth-order valence-electron chi connectivity index (χ4n) is 2.34. The van der Waals surface area contributed by atoms with E-state index in [1.807, 2.05) is 6.92 Å². The van der Waals surface area contributed by atoms with E-state index in [2.05, 4.69) is 4.72 Å². The summed E-state index contributed by atoms with van der Waals surface area (Å²) in [4.78, 5) is 11.9. The summed E-state index contributed by atoms with van der Waals surface area (Å²) in [5, 5.41) is 0. The van der Waals surface area contributed by atoms with Crippen LogP contribution in [0.15, 0.2) is 47.4 Å². The Morgan fingerprint density at radius 3 is 2.52 bits per heavy atom. The molecule has 0 unspecified atom stereocenters. The van der Waals surface area contributed by atoms with E-state index in [0.717, 1.165) is 5.56 Å². The lowest BCUT2D eigenvalue weighted by Gasteiger charge is -2.12. The molecule has 7 heteroatoms. The highest BCUT2D eigenvalue weighted by Gasteiger charge is 2.17. The van der Waals surface area contributed by atoms with Crippen molar-refractivity contribution in [3.63, 3.8) is 0 Å². The van der Waals surface area contributed by atoms with Crippen molar-refractivity contribution in [2.24, 2.45) is 0 Å². The first-order valence-electron chi connectivity index (χ1n) is 7.88. The van der Waals surface area contributed by atoms with Crippen LogP contribution in [0.3, 0.4) is 0 Å². The second-order valence-corrected chi connectivity index (χ2v) is 6.92. The van der Waals surface area contributed by atoms with Crippen LogP contribution in [0, 0.1) is 0 Å². The molecular weight excluding hydrogens is 342 g/mol. The van der Waals surface area contributed by atoms with Crippen LogP contribution in [0.5, 0.6) is 5.75 Å². The molecule has 0 radical (unpaired) electrons. The van der Waals surface area contributed by atoms with Crippen LogP contribution < -0.4 is 9.46 Å². The van der Waals surface area contributed by atoms with E-state index in [0.29, 0.717) is 17.9 Å². The van der Waals surface area contributed by atoms with Crippen molar-refractivity contribution in [1.82, 2.24) is 0 Å². The molecule has 0 fully saturated rings. The fraction of sp³-hybridized carbons (Fsp3) is 0.278. The molecule has 0 saturated carbocycles. The maximum absolute atomic E-state index is 12.6. The molecule has 2 aromatic carbocycles. The van der Waals surface area contributed by atoms with Crippen LogP contribution in [-0.4, -0.2) is 28.1 Å². The molecule has 0 aliphatic heterocycles. The normalized spacial score (nSPS) is 11.0. The highest BCUT2D eigenvalue weighted by Crippen LogP contribution is 2.24. The van der Waals surface area contributed by atoms with Crippen LogP contribution in [0.2, 0.25) is 0 Å². The number of rotatable bonds is 7. The van der Waals surface area contributed by atoms with Crippen molar-refractivity contribution < 1.29 is 22.7 Å². The second-order valence-electron chi connectivity index (χ2n) is 5.23. The molecule has 0 aliphatic carbocycles. The van der Waals surface area contributed by atoms with Crippen LogP contribution >= 0.6 is 0 Å². The van der Waals surface area contributed by atoms with Gasteiger partial charge in [-0.15, -0.1) is 0 Å². The number of benzene rings is 2. The van der Waals surface area contributed by atoms with Crippen LogP contribution in [0.25, 0.3) is 0 Å². The Hall–Kier alpha value is -2.54. The van der Waals surface area contributed by atoms with Crippen molar-refractivity contribution in [3.05, 3.63) is 53.6 Å². The molecule has 0 aromatic heterocycles. The molecule has 6 nitrogen and oxygen atoms in total. The lowest BCUT2D eigenvalue weighted by atomic mass is 10.1. The van der Waals surface area contributed by atoms with Gasteiger partial charge in [-0.1, -0.05) is 13.0 Å². The Bertz CT molecular complexity index is 862. The molecule has 0 atom stereocenters. The second kappa shape index (κ2) is 8.02. The Balaban J connectivity index is 2.30. The monoisotopic (exact) mass is 363 g/mol. The predicted octanol–water partition coefficient (Wildman–Crippen LogP) is 3.24. The largest absolute Gasteiger partial charge is 0.496 e. The highest BCUT2D eigenvalue weighted by molar-refractivity contribution is 7.92. The van der Waals surface area contributed by atoms with Gasteiger partial charge < -0.3 is 9.47 Å². The maximum atomic E-state index is 12.6. The van der Waals surface area contributed by atoms with E-state index in [-0.39, 0.29) is 17.1 Å². The van der Waals surface area contributed by atoms with Crippen molar-refractivity contribution in [1.29, 1.82) is 0 Å². The van der Waals surface area contributed by atoms with E-state index < -0.39 is 16.0 Å². The maximum Gasteiger partial charge on any atom is 0.338 e. The Labute approximate surface area is 147 Å². The summed E-state index contributed by atoms with van der Waals surface area (Å²) >= 11 is 0. The number of hydrogen-bond acceptors (Lipinski definition) is 5. The van der Waals surface area contributed by atoms with Gasteiger partial charge in [0, 0.05) is 5.69 Å². The van der Waals surface area contributed by atoms with E-state index in [4.69, 9.17) is 9.47 Å². The number of carbonyl (C=O) groups is 1. The lowest BCUT2D eigenvalue weighted by Crippen LogP contribution is -2.14. The van der Waals surface area contributed by atoms with Gasteiger partial charge in [0.25, 0.3) is 10.0 Å². The first-order valence-corrected chi connectivity index (χ1v) is 9.36. The summed E-state index contributed by atoms with van der Waals surface area (Å²) in [6.45, 7) is 3.88. The summed E-state index contributed by atoms with van der Waals surface area (Å²) in [6, 6.07) is 10.9. The van der Waals surface area contributed by atoms with Crippen LogP contribution in [0.1, 0.15) is 29.8 Å². The number of anilines is 1. The van der Waals surface area contributed by atoms with Crippen molar-refractivity contribution >= 4 is 21.7 Å². The molecule has 2 aromatic rings. The quantitative estimate of drug-likeness (QED) is 0.764. The van der Waals surface area contributed by atoms with E-state index >= 15 is 0 Å². The highest BCUT2D eigenvalue weighted by atomic mass is 32.2. The SMILES string of the molecule is CCOC(=O)c1cccc(NS(=O)(=O)c2ccc(OC)c(CC)c2)c1. The number of carbonyl (C=O) groups excluding carboxylic acids is 1. The van der Waals surface area contributed by atoms with Crippen LogP contribution in [0.4, 0.5) is 5.69 Å². The zero-order chi connectivity index (χ0) is 18.4. The summed E-state index contributed by atoms with van der Waals surface area (Å²) in [5.74, 6) is 0.145. The van der Waals surface area contributed by atoms with Crippen molar-refractivity contribution in [2.45, 2.75) is 25.2 Å². The summed E-state index contributed by atoms with van der Waals surface area (Å²) in [7, 11) is -2.24. The number of esters is 1. The van der Waals surface area contributed by atoms with Gasteiger partial charge in [-0.3, -0.25) is 4.72 Å². The first-order chi connectivity index (χ1) is 11.9. The predicted molar refractivity (Wildman–Crippen MR) is 95.6 cm³/mol. The van der Waals surface area contributed by atoms with Crippen molar-refractivity contribution in [3.8, 4) is 5.75 Å². The molecule has 0 amide bonds. The molecule has 0 aliphatic rings. The van der Waals surface area contributed by atoms with Gasteiger partial charge in [-0.05, 0) is 55.3 Å². The number of hydrogen-bond donors (Lipinski definition) is 1. The van der Waals surface area contributed by atoms with E-state index in [9.17, 15) is 13.2 Å². The van der Waals surface area contributed by atoms with Gasteiger partial charge in [0.2, 0.25) is 0 Å². The molecule has 25 heavy (non-hydrogen) atoms. The molecule has 0 bridgehead atoms. The molecule has 1 N–H and O–H groups in total. The van der Waals surface area contributed by atoms with Gasteiger partial charge in [-0.25, -0.2) is 13.2 Å². The number of methoxy groups -OCH3 is 1. The van der Waals surface area contributed by atoms with Gasteiger partial charge in [-0.2, -0.15) is 0 Å². The number of sulfonamides is 1. The van der Waals surface area contributed by atoms with Gasteiger partial charge >= 0.3 is 5.97 Å². The Morgan fingerprint density at radius 1 is 1.12 bits per heavy atom. The van der Waals surface area contributed by atoms with Gasteiger partial charge in [0.05, 0.1) is 24.2 Å². The van der Waals surface area contributed by atoms with E-state index in [1.54, 1.807) is 44.4 Å². The minimum absolute atomic E-state index is 0.131. The van der Waals surface area contributed by atoms with Crippen LogP contribution in [-0.2, 0) is 21.2 Å². The molecule has 0 saturated heterocycles. The third-order valence-electron chi connectivity index (χ3n) is 3.57. The zero-order valence-electron chi connectivity index (χ0n) is 14.4. The summed E-state index contributed by atoms with van der Waals surface area (Å²) in [6.07, 6.45) is 0.644. The average Bonchev–Trinajstić information content (AvgIpc) is 2.61. The molecule has 134 valence electrons. The molecular formula is C18H21NO5S. The topological polar surface area (TPSA) is 81.7 Å². The summed E-state index contributed by atoms with van der Waals surface area (Å²) < 4.78 is 37.8. The third-order valence-corrected chi connectivity index (χ3v) is 4.95. The van der Waals surface area contributed by atoms with E-state index in [1.165, 1.54) is 12.1 Å². The Kier molecular flexibility index (Phi) is 6.03. The standard InChI is InChI=1S/C18H21NO5S/c1-4-13-12-16(9-10-17(13)23-3)25(21,22)19-15-8-6-7-14(11-15)18(20)24-5-2/h6-12,19H,4-5H2,1-3H3. The van der Waals surface area contributed by atoms with Gasteiger partial charge in [0.15, 0.2) is 0 Å². The molecule has 2 rings (SSSR count). The zero-order valence-corrected chi connectivity index (χ0v) is 15.2. The summed E-state index contributed by atoms with van der Waals surface area (Å²) in [5.41, 5.74) is 1.37. The third kappa shape index (κ3) is 4.51. The average molecular weight is 363 g/mol. The fourth-order valence-corrected chi connectivity index (χ4v) is 3.44. The lowest BCUT2D eigenvalue weighted by molar-refractivity contribution is 0.0526.